The molecule has 0 aromatic carbocycles. The first-order chi connectivity index (χ1) is 6.65. The SMILES string of the molecule is CC(O)(C#N)c1nnc2cccnn12. The minimum Gasteiger partial charge on any atom is -0.369 e. The van der Waals surface area contributed by atoms with Gasteiger partial charge >= 0.3 is 0 Å². The standard InChI is InChI=1S/C8H7N5O/c1-8(14,5-9)7-12-11-6-3-2-4-10-13(6)7/h2-4,14H,1H3. The molecule has 0 aliphatic carbocycles. The maximum Gasteiger partial charge on any atom is 0.210 e. The van der Waals surface area contributed by atoms with Crippen LogP contribution in [0.15, 0.2) is 18.3 Å². The molecule has 2 rings (SSSR count). The van der Waals surface area contributed by atoms with Crippen molar-refractivity contribution < 1.29 is 5.11 Å². The molecule has 6 nitrogen and oxygen atoms in total. The summed E-state index contributed by atoms with van der Waals surface area (Å²) in [5, 5.41) is 29.8. The second-order valence-electron chi connectivity index (χ2n) is 3.00. The molecule has 2 aromatic heterocycles. The molecule has 0 aliphatic rings. The Labute approximate surface area is 79.4 Å². The van der Waals surface area contributed by atoms with Gasteiger partial charge in [-0.15, -0.1) is 10.2 Å². The number of aromatic nitrogens is 4. The Morgan fingerprint density at radius 2 is 2.36 bits per heavy atom. The van der Waals surface area contributed by atoms with Crippen LogP contribution in [-0.4, -0.2) is 24.9 Å². The second kappa shape index (κ2) is 2.75. The normalized spacial score (nSPS) is 14.9. The molecule has 2 aromatic rings. The van der Waals surface area contributed by atoms with Crippen LogP contribution in [-0.2, 0) is 5.60 Å². The second-order valence-corrected chi connectivity index (χ2v) is 3.00. The summed E-state index contributed by atoms with van der Waals surface area (Å²) >= 11 is 0. The van der Waals surface area contributed by atoms with Crippen molar-refractivity contribution in [1.82, 2.24) is 19.8 Å². The van der Waals surface area contributed by atoms with Crippen LogP contribution in [0.4, 0.5) is 0 Å². The van der Waals surface area contributed by atoms with Crippen LogP contribution in [0.25, 0.3) is 5.65 Å². The zero-order chi connectivity index (χ0) is 10.2. The van der Waals surface area contributed by atoms with Crippen LogP contribution in [0.3, 0.4) is 0 Å². The van der Waals surface area contributed by atoms with Gasteiger partial charge in [0, 0.05) is 6.20 Å². The molecule has 0 aliphatic heterocycles. The van der Waals surface area contributed by atoms with Crippen LogP contribution < -0.4 is 0 Å². The van der Waals surface area contributed by atoms with Gasteiger partial charge in [-0.3, -0.25) is 0 Å². The number of fused-ring (bicyclic) bond motifs is 1. The van der Waals surface area contributed by atoms with E-state index in [1.165, 1.54) is 17.6 Å². The lowest BCUT2D eigenvalue weighted by molar-refractivity contribution is 0.107. The van der Waals surface area contributed by atoms with E-state index in [0.717, 1.165) is 0 Å². The smallest absolute Gasteiger partial charge is 0.210 e. The summed E-state index contributed by atoms with van der Waals surface area (Å²) in [6, 6.07) is 5.12. The topological polar surface area (TPSA) is 87.1 Å². The number of nitrogens with zero attached hydrogens (tertiary/aromatic N) is 5. The number of rotatable bonds is 1. The van der Waals surface area contributed by atoms with Gasteiger partial charge in [0.25, 0.3) is 0 Å². The lowest BCUT2D eigenvalue weighted by Gasteiger charge is -2.09. The highest BCUT2D eigenvalue weighted by Crippen LogP contribution is 2.16. The van der Waals surface area contributed by atoms with Gasteiger partial charge < -0.3 is 5.11 Å². The third-order valence-electron chi connectivity index (χ3n) is 1.83. The number of nitriles is 1. The molecule has 0 fully saturated rings. The molecule has 1 atom stereocenters. The average Bonchev–Trinajstić information content (AvgIpc) is 2.61. The van der Waals surface area contributed by atoms with Gasteiger partial charge in [0.15, 0.2) is 5.65 Å². The molecule has 6 heteroatoms. The van der Waals surface area contributed by atoms with E-state index in [2.05, 4.69) is 15.3 Å². The molecule has 70 valence electrons. The molecule has 1 unspecified atom stereocenters. The molecule has 1 N–H and O–H groups in total. The van der Waals surface area contributed by atoms with Gasteiger partial charge in [-0.05, 0) is 19.1 Å². The van der Waals surface area contributed by atoms with Crippen molar-refractivity contribution in [2.75, 3.05) is 0 Å². The highest BCUT2D eigenvalue weighted by Gasteiger charge is 2.29. The van der Waals surface area contributed by atoms with Crippen LogP contribution in [0, 0.1) is 11.3 Å². The lowest BCUT2D eigenvalue weighted by atomic mass is 10.1. The molecule has 0 saturated heterocycles. The fourth-order valence-corrected chi connectivity index (χ4v) is 1.10. The van der Waals surface area contributed by atoms with Crippen LogP contribution >= 0.6 is 0 Å². The average molecular weight is 189 g/mol. The summed E-state index contributed by atoms with van der Waals surface area (Å²) in [7, 11) is 0. The Balaban J connectivity index is 2.72. The number of aliphatic hydroxyl groups is 1. The molecule has 0 saturated carbocycles. The molecule has 2 heterocycles. The van der Waals surface area contributed by atoms with Crippen molar-refractivity contribution in [3.8, 4) is 6.07 Å². The molecular weight excluding hydrogens is 182 g/mol. The molecule has 0 bridgehead atoms. The van der Waals surface area contributed by atoms with Crippen molar-refractivity contribution in [3.05, 3.63) is 24.2 Å². The van der Waals surface area contributed by atoms with E-state index in [4.69, 9.17) is 5.26 Å². The number of hydrogen-bond donors (Lipinski definition) is 1. The van der Waals surface area contributed by atoms with Gasteiger partial charge in [-0.25, -0.2) is 0 Å². The minimum atomic E-state index is -1.67. The third-order valence-corrected chi connectivity index (χ3v) is 1.83. The first kappa shape index (κ1) is 8.59. The maximum absolute atomic E-state index is 9.66. The molecule has 0 amide bonds. The predicted octanol–water partition coefficient (Wildman–Crippen LogP) is -0.145. The highest BCUT2D eigenvalue weighted by molar-refractivity contribution is 5.36. The highest BCUT2D eigenvalue weighted by atomic mass is 16.3. The Hall–Kier alpha value is -2.00. The van der Waals surface area contributed by atoms with Gasteiger partial charge in [-0.1, -0.05) is 0 Å². The van der Waals surface area contributed by atoms with Crippen LogP contribution in [0.1, 0.15) is 12.7 Å². The summed E-state index contributed by atoms with van der Waals surface area (Å²) in [5.41, 5.74) is -1.17. The fourth-order valence-electron chi connectivity index (χ4n) is 1.10. The van der Waals surface area contributed by atoms with Gasteiger partial charge in [0.2, 0.25) is 11.4 Å². The molecule has 14 heavy (non-hydrogen) atoms. The molecule has 0 radical (unpaired) electrons. The summed E-state index contributed by atoms with van der Waals surface area (Å²) < 4.78 is 1.34. The van der Waals surface area contributed by atoms with Gasteiger partial charge in [0.05, 0.1) is 0 Å². The lowest BCUT2D eigenvalue weighted by Crippen LogP contribution is -2.22. The van der Waals surface area contributed by atoms with E-state index >= 15 is 0 Å². The van der Waals surface area contributed by atoms with E-state index in [0.29, 0.717) is 5.65 Å². The van der Waals surface area contributed by atoms with Crippen LogP contribution in [0.5, 0.6) is 0 Å². The molecule has 0 spiro atoms. The quantitative estimate of drug-likeness (QED) is 0.630. The van der Waals surface area contributed by atoms with Crippen molar-refractivity contribution >= 4 is 5.65 Å². The van der Waals surface area contributed by atoms with Gasteiger partial charge in [0.1, 0.15) is 6.07 Å². The van der Waals surface area contributed by atoms with Crippen molar-refractivity contribution in [3.63, 3.8) is 0 Å². The monoisotopic (exact) mass is 189 g/mol. The van der Waals surface area contributed by atoms with E-state index in [1.54, 1.807) is 18.2 Å². The zero-order valence-corrected chi connectivity index (χ0v) is 7.42. The van der Waals surface area contributed by atoms with E-state index in [9.17, 15) is 5.11 Å². The summed E-state index contributed by atoms with van der Waals surface area (Å²) in [5.74, 6) is 0.121. The van der Waals surface area contributed by atoms with E-state index < -0.39 is 5.60 Å². The minimum absolute atomic E-state index is 0.121. The third kappa shape index (κ3) is 1.11. The van der Waals surface area contributed by atoms with Crippen molar-refractivity contribution in [2.24, 2.45) is 0 Å². The van der Waals surface area contributed by atoms with E-state index in [1.807, 2.05) is 0 Å². The summed E-state index contributed by atoms with van der Waals surface area (Å²) in [4.78, 5) is 0. The first-order valence-electron chi connectivity index (χ1n) is 3.96. The van der Waals surface area contributed by atoms with Crippen molar-refractivity contribution in [2.45, 2.75) is 12.5 Å². The fraction of sp³-hybridized carbons (Fsp3) is 0.250. The first-order valence-corrected chi connectivity index (χ1v) is 3.96. The Morgan fingerprint density at radius 1 is 1.57 bits per heavy atom. The molecular formula is C8H7N5O. The summed E-state index contributed by atoms with van der Waals surface area (Å²) in [6.45, 7) is 1.35. The zero-order valence-electron chi connectivity index (χ0n) is 7.42. The van der Waals surface area contributed by atoms with Crippen molar-refractivity contribution in [1.29, 1.82) is 5.26 Å². The number of hydrogen-bond acceptors (Lipinski definition) is 5. The van der Waals surface area contributed by atoms with Gasteiger partial charge in [-0.2, -0.15) is 14.9 Å². The Morgan fingerprint density at radius 3 is 3.07 bits per heavy atom. The van der Waals surface area contributed by atoms with E-state index in [-0.39, 0.29) is 5.82 Å². The summed E-state index contributed by atoms with van der Waals surface area (Å²) in [6.07, 6.45) is 1.54. The maximum atomic E-state index is 9.66. The largest absolute Gasteiger partial charge is 0.369 e. The Kier molecular flexibility index (Phi) is 1.69. The Bertz CT molecular complexity index is 510. The predicted molar refractivity (Wildman–Crippen MR) is 46.0 cm³/mol. The van der Waals surface area contributed by atoms with Crippen LogP contribution in [0.2, 0.25) is 0 Å².